The quantitative estimate of drug-likeness (QED) is 0.0763. The van der Waals surface area contributed by atoms with Gasteiger partial charge in [0.15, 0.2) is 17.3 Å². The molecule has 18 nitrogen and oxygen atoms in total. The van der Waals surface area contributed by atoms with Gasteiger partial charge in [0, 0.05) is 154 Å². The fourth-order valence-electron chi connectivity index (χ4n) is 22.0. The molecule has 3 aliphatic heterocycles. The monoisotopic (exact) mass is 1460 g/mol. The van der Waals surface area contributed by atoms with Crippen LogP contribution in [0, 0.1) is 51.8 Å². The molecule has 108 heavy (non-hydrogen) atoms. The number of hydrogen-bond acceptors (Lipinski definition) is 18. The zero-order valence-electron chi connectivity index (χ0n) is 63.5. The second kappa shape index (κ2) is 29.3. The Kier molecular flexibility index (Phi) is 19.8. The van der Waals surface area contributed by atoms with Crippen LogP contribution in [0.5, 0.6) is 0 Å². The molecule has 18 heteroatoms. The molecule has 6 unspecified atom stereocenters. The van der Waals surface area contributed by atoms with Gasteiger partial charge in [-0.15, -0.1) is 0 Å². The Labute approximate surface area is 632 Å². The van der Waals surface area contributed by atoms with Crippen molar-refractivity contribution in [3.63, 3.8) is 0 Å². The molecule has 9 aliphatic carbocycles. The number of esters is 3. The second-order valence-electron chi connectivity index (χ2n) is 33.5. The Balaban J connectivity index is 0.000000124. The lowest BCUT2D eigenvalue weighted by molar-refractivity contribution is -0.148. The lowest BCUT2D eigenvalue weighted by Crippen LogP contribution is -2.44. The van der Waals surface area contributed by atoms with Crippen LogP contribution in [0.2, 0.25) is 0 Å². The summed E-state index contributed by atoms with van der Waals surface area (Å²) in [7, 11) is 5.78. The van der Waals surface area contributed by atoms with E-state index in [9.17, 15) is 28.8 Å². The highest BCUT2D eigenvalue weighted by molar-refractivity contribution is 6.01. The summed E-state index contributed by atoms with van der Waals surface area (Å²) in [5, 5.41) is 16.3. The number of fused-ring (bicyclic) bond motifs is 12. The van der Waals surface area contributed by atoms with Gasteiger partial charge in [0.1, 0.15) is 53.9 Å². The summed E-state index contributed by atoms with van der Waals surface area (Å²) < 4.78 is 38.1. The minimum absolute atomic E-state index is 0.00855. The van der Waals surface area contributed by atoms with Crippen LogP contribution < -0.4 is 16.0 Å². The van der Waals surface area contributed by atoms with E-state index >= 15 is 0 Å². The maximum atomic E-state index is 12.9. The first kappa shape index (κ1) is 72.9. The van der Waals surface area contributed by atoms with Crippen molar-refractivity contribution in [2.45, 2.75) is 179 Å². The molecule has 3 N–H and O–H groups in total. The van der Waals surface area contributed by atoms with Gasteiger partial charge in [-0.2, -0.15) is 0 Å². The molecule has 12 aliphatic rings. The van der Waals surface area contributed by atoms with Crippen LogP contribution in [0.4, 0.5) is 0 Å². The van der Waals surface area contributed by atoms with E-state index in [0.717, 1.165) is 155 Å². The Bertz CT molecular complexity index is 4690. The van der Waals surface area contributed by atoms with Gasteiger partial charge in [-0.25, -0.2) is 0 Å². The number of hydrogen-bond donors (Lipinski definition) is 3. The van der Waals surface area contributed by atoms with E-state index in [1.807, 2.05) is 70.3 Å². The van der Waals surface area contributed by atoms with E-state index in [-0.39, 0.29) is 141 Å². The van der Waals surface area contributed by atoms with Gasteiger partial charge in [-0.05, 0) is 206 Å². The highest BCUT2D eigenvalue weighted by atomic mass is 16.6. The summed E-state index contributed by atoms with van der Waals surface area (Å²) in [5.41, 5.74) is 8.88. The number of pyridine rings is 3. The Morgan fingerprint density at radius 1 is 0.454 bits per heavy atom. The zero-order valence-corrected chi connectivity index (χ0v) is 63.5. The van der Waals surface area contributed by atoms with E-state index in [1.54, 1.807) is 6.20 Å². The minimum Gasteiger partial charge on any atom is -0.489 e. The van der Waals surface area contributed by atoms with Crippen molar-refractivity contribution in [3.8, 4) is 0 Å². The first-order chi connectivity index (χ1) is 52.1. The molecule has 3 aromatic carbocycles. The number of ketones is 3. The van der Waals surface area contributed by atoms with Gasteiger partial charge < -0.3 is 44.4 Å². The third-order valence-corrected chi connectivity index (χ3v) is 26.8. The van der Waals surface area contributed by atoms with E-state index in [2.05, 4.69) is 137 Å². The molecule has 5 fully saturated rings. The van der Waals surface area contributed by atoms with Crippen LogP contribution in [0.15, 0.2) is 191 Å². The molecular weight excluding hydrogens is 1360 g/mol. The number of carbonyl (C=O) groups excluding carboxylic acids is 6. The average Bonchev–Trinajstić information content (AvgIpc) is 1.24. The van der Waals surface area contributed by atoms with E-state index in [1.165, 1.54) is 43.0 Å². The normalized spacial score (nSPS) is 33.2. The fraction of sp³-hybridized carbons (Fsp3) is 0.478. The van der Waals surface area contributed by atoms with Crippen LogP contribution in [0.3, 0.4) is 0 Å². The Hall–Kier alpha value is -9.23. The number of nitrogens with zero attached hydrogens (tertiary/aromatic N) is 3. The Morgan fingerprint density at radius 2 is 0.833 bits per heavy atom. The fourth-order valence-corrected chi connectivity index (χ4v) is 22.0. The molecule has 6 aromatic rings. The van der Waals surface area contributed by atoms with Crippen LogP contribution >= 0.6 is 0 Å². The first-order valence-electron chi connectivity index (χ1n) is 39.2. The second-order valence-corrected chi connectivity index (χ2v) is 33.5. The lowest BCUT2D eigenvalue weighted by atomic mass is 9.61. The molecule has 0 amide bonds. The van der Waals surface area contributed by atoms with Crippen molar-refractivity contribution in [1.82, 2.24) is 30.9 Å². The van der Waals surface area contributed by atoms with E-state index in [0.29, 0.717) is 25.7 Å². The predicted molar refractivity (Wildman–Crippen MR) is 411 cm³/mol. The van der Waals surface area contributed by atoms with Gasteiger partial charge in [-0.3, -0.25) is 43.7 Å². The van der Waals surface area contributed by atoms with E-state index in [4.69, 9.17) is 28.4 Å². The summed E-state index contributed by atoms with van der Waals surface area (Å²) in [6.07, 6.45) is 30.8. The molecule has 0 radical (unpaired) electrons. The van der Waals surface area contributed by atoms with Crippen molar-refractivity contribution < 1.29 is 57.2 Å². The van der Waals surface area contributed by atoms with Crippen LogP contribution in [0.1, 0.15) is 159 Å². The minimum atomic E-state index is -0.274. The summed E-state index contributed by atoms with van der Waals surface area (Å²) in [6, 6.07) is 25.6. The Morgan fingerprint density at radius 3 is 1.28 bits per heavy atom. The lowest BCUT2D eigenvalue weighted by Gasteiger charge is -2.48. The SMILES string of the molecule is CNCC1CC(=O)C2=C(C1)O[C@@H]1C(=C2)C=C[C@]2(C)[C@@H](c3ccc4cnccc4c3)C(OC(C)=O)C[C@@H]12.CNCC1CC(=O)C2=C(C1)O[C@@H]1C(=C2)CC[C@]2(C)[C@@H](c3ccc4ccncc4c3)C(OC(C)=O)C[C@@H]12.CNCC1CC(=O)C2=C(C1)O[C@@H]1C(=C2)CC[C@]2(C)[C@@H](c3ccc4cnccc4c3)C(OC(C)=O)C[C@@H]12. The van der Waals surface area contributed by atoms with Gasteiger partial charge in [0.05, 0.1) is 16.7 Å². The number of benzene rings is 3. The largest absolute Gasteiger partial charge is 0.489 e. The average molecular weight is 1460 g/mol. The zero-order chi connectivity index (χ0) is 75.1. The van der Waals surface area contributed by atoms with Gasteiger partial charge in [0.2, 0.25) is 0 Å². The summed E-state index contributed by atoms with van der Waals surface area (Å²) in [5.74, 6) is 3.79. The molecule has 18 rings (SSSR count). The molecule has 0 bridgehead atoms. The molecular formula is C90H100N6O12. The third-order valence-electron chi connectivity index (χ3n) is 26.8. The third kappa shape index (κ3) is 13.4. The molecule has 0 spiro atoms. The van der Waals surface area contributed by atoms with Gasteiger partial charge in [0.25, 0.3) is 0 Å². The highest BCUT2D eigenvalue weighted by Crippen LogP contribution is 2.66. The van der Waals surface area contributed by atoms with Crippen molar-refractivity contribution in [1.29, 1.82) is 0 Å². The van der Waals surface area contributed by atoms with E-state index < -0.39 is 0 Å². The highest BCUT2D eigenvalue weighted by Gasteiger charge is 2.63. The predicted octanol–water partition coefficient (Wildman–Crippen LogP) is 14.3. The summed E-state index contributed by atoms with van der Waals surface area (Å²) >= 11 is 0. The van der Waals surface area contributed by atoms with Crippen LogP contribution in [0.25, 0.3) is 32.3 Å². The van der Waals surface area contributed by atoms with Crippen LogP contribution in [-0.2, 0) is 57.2 Å². The number of Topliss-reactive ketones (excluding diaryl/α,β-unsaturated/α-hetero) is 3. The topological polar surface area (TPSA) is 233 Å². The maximum Gasteiger partial charge on any atom is 0.302 e. The van der Waals surface area contributed by atoms with Crippen LogP contribution in [-0.4, -0.2) is 128 Å². The summed E-state index contributed by atoms with van der Waals surface area (Å²) in [4.78, 5) is 88.1. The number of allylic oxidation sites excluding steroid dienone is 10. The summed E-state index contributed by atoms with van der Waals surface area (Å²) in [6.45, 7) is 13.9. The molecule has 3 aromatic heterocycles. The first-order valence-corrected chi connectivity index (χ1v) is 39.2. The van der Waals surface area contributed by atoms with Crippen molar-refractivity contribution in [3.05, 3.63) is 208 Å². The number of nitrogens with one attached hydrogen (secondary N) is 3. The number of carbonyl (C=O) groups is 6. The number of rotatable bonds is 12. The van der Waals surface area contributed by atoms with Crippen molar-refractivity contribution in [2.24, 2.45) is 51.8 Å². The van der Waals surface area contributed by atoms with Gasteiger partial charge >= 0.3 is 17.9 Å². The molecule has 6 heterocycles. The molecule has 18 atom stereocenters. The molecule has 5 saturated carbocycles. The van der Waals surface area contributed by atoms with Crippen molar-refractivity contribution >= 4 is 67.6 Å². The smallest absolute Gasteiger partial charge is 0.302 e. The van der Waals surface area contributed by atoms with Crippen molar-refractivity contribution in [2.75, 3.05) is 40.8 Å². The van der Waals surface area contributed by atoms with Gasteiger partial charge in [-0.1, -0.05) is 81.5 Å². The number of ether oxygens (including phenoxy) is 6. The number of aromatic nitrogens is 3. The molecule has 562 valence electrons. The standard InChI is InChI=1S/C30H34N2O4.C30H32N2O4.C30H34N2O4/c2*1-17(33)35-27-14-24-29-21(13-23-25(34)10-18(15-31-3)11-26(23)36-29)6-8-30(24,2)28(27)20-4-5-22-16-32-9-7-19(22)12-20;1-17(33)35-27-14-24-29-21(13-23-25(34)10-18(15-31-3)11-26(23)36-29)6-8-30(24,2)28(27)20-5-4-19-7-9-32-16-22(19)12-20/h4-5,7,9,12-13,16,18,24,27-29,31H,6,8,10-11,14-15H2,1-3H3;4-9,12-13,16,18,24,27-29,31H,10-11,14-15H2,1-3H3;4-5,7,9,12-13,16,18,24,27-29,31H,6,8,10-11,14-15H2,1-3H3/t3*18?,24-,27?,28-,29+,30-/m000/s1. The molecule has 0 saturated heterocycles. The maximum absolute atomic E-state index is 12.9.